The Morgan fingerprint density at radius 3 is 2.75 bits per heavy atom. The molecule has 0 fully saturated rings. The van der Waals surface area contributed by atoms with Gasteiger partial charge in [-0.3, -0.25) is 4.99 Å². The summed E-state index contributed by atoms with van der Waals surface area (Å²) >= 11 is 4.88. The predicted molar refractivity (Wildman–Crippen MR) is 104 cm³/mol. The standard InChI is InChI=1S/C18H12BrN3OS/c19-13-6-2-4-8-15(13)21-18-22-17(23)16(24-18)9-11-10-20-14-7-3-1-5-12(11)14/h1-10,23H,(H,21,22)/b11-9-. The van der Waals surface area contributed by atoms with Gasteiger partial charge >= 0.3 is 0 Å². The van der Waals surface area contributed by atoms with Gasteiger partial charge in [0.15, 0.2) is 5.13 Å². The first-order chi connectivity index (χ1) is 11.7. The molecule has 1 aliphatic rings. The van der Waals surface area contributed by atoms with Gasteiger partial charge < -0.3 is 10.4 Å². The van der Waals surface area contributed by atoms with Gasteiger partial charge in [0, 0.05) is 21.8 Å². The van der Waals surface area contributed by atoms with Crippen LogP contribution in [0.2, 0.25) is 0 Å². The van der Waals surface area contributed by atoms with Gasteiger partial charge in [0.1, 0.15) is 0 Å². The molecule has 0 bridgehead atoms. The number of thiazole rings is 1. The molecule has 4 nitrogen and oxygen atoms in total. The average Bonchev–Trinajstić information content (AvgIpc) is 3.14. The number of fused-ring (bicyclic) bond motifs is 1. The highest BCUT2D eigenvalue weighted by Gasteiger charge is 2.14. The van der Waals surface area contributed by atoms with E-state index in [0.717, 1.165) is 27.0 Å². The molecule has 0 aliphatic carbocycles. The number of aliphatic imine (C=N–C) groups is 1. The van der Waals surface area contributed by atoms with E-state index in [1.807, 2.05) is 60.8 Å². The minimum Gasteiger partial charge on any atom is -0.492 e. The summed E-state index contributed by atoms with van der Waals surface area (Å²) in [7, 11) is 0. The largest absolute Gasteiger partial charge is 0.492 e. The Labute approximate surface area is 151 Å². The lowest BCUT2D eigenvalue weighted by atomic mass is 10.1. The number of aromatic nitrogens is 1. The van der Waals surface area contributed by atoms with E-state index in [0.29, 0.717) is 10.0 Å². The van der Waals surface area contributed by atoms with Crippen LogP contribution in [0.15, 0.2) is 58.0 Å². The van der Waals surface area contributed by atoms with Crippen LogP contribution in [-0.4, -0.2) is 16.3 Å². The van der Waals surface area contributed by atoms with E-state index in [2.05, 4.69) is 31.2 Å². The Bertz CT molecular complexity index is 978. The molecule has 0 saturated carbocycles. The summed E-state index contributed by atoms with van der Waals surface area (Å²) in [6.45, 7) is 0. The SMILES string of the molecule is Oc1nc(Nc2ccccc2Br)sc1/C=C1/C=Nc2ccccc21. The van der Waals surface area contributed by atoms with E-state index in [-0.39, 0.29) is 5.88 Å². The maximum absolute atomic E-state index is 10.1. The summed E-state index contributed by atoms with van der Waals surface area (Å²) < 4.78 is 0.941. The topological polar surface area (TPSA) is 57.5 Å². The lowest BCUT2D eigenvalue weighted by Gasteiger charge is -2.03. The lowest BCUT2D eigenvalue weighted by Crippen LogP contribution is -1.89. The number of halogens is 1. The third-order valence-corrected chi connectivity index (χ3v) is 5.19. The molecule has 4 rings (SSSR count). The highest BCUT2D eigenvalue weighted by molar-refractivity contribution is 9.10. The fraction of sp³-hybridized carbons (Fsp3) is 0. The molecule has 0 amide bonds. The summed E-state index contributed by atoms with van der Waals surface area (Å²) in [5.41, 5.74) is 3.88. The van der Waals surface area contributed by atoms with Gasteiger partial charge in [0.25, 0.3) is 0 Å². The monoisotopic (exact) mass is 397 g/mol. The molecule has 6 heteroatoms. The van der Waals surface area contributed by atoms with Crippen molar-refractivity contribution in [2.75, 3.05) is 5.32 Å². The average molecular weight is 398 g/mol. The van der Waals surface area contributed by atoms with Crippen molar-refractivity contribution in [3.8, 4) is 5.88 Å². The van der Waals surface area contributed by atoms with E-state index in [4.69, 9.17) is 0 Å². The maximum Gasteiger partial charge on any atom is 0.231 e. The zero-order valence-electron chi connectivity index (χ0n) is 12.4. The minimum absolute atomic E-state index is 0.0137. The number of hydrogen-bond donors (Lipinski definition) is 2. The van der Waals surface area contributed by atoms with E-state index in [1.165, 1.54) is 11.3 Å². The van der Waals surface area contributed by atoms with Crippen LogP contribution >= 0.6 is 27.3 Å². The maximum atomic E-state index is 10.1. The number of hydrogen-bond acceptors (Lipinski definition) is 5. The number of rotatable bonds is 3. The van der Waals surface area contributed by atoms with Crippen molar-refractivity contribution in [1.29, 1.82) is 0 Å². The van der Waals surface area contributed by atoms with Crippen LogP contribution in [-0.2, 0) is 0 Å². The lowest BCUT2D eigenvalue weighted by molar-refractivity contribution is 0.457. The molecule has 2 N–H and O–H groups in total. The smallest absolute Gasteiger partial charge is 0.231 e. The molecule has 24 heavy (non-hydrogen) atoms. The molecule has 0 atom stereocenters. The number of nitrogens with zero attached hydrogens (tertiary/aromatic N) is 2. The molecular weight excluding hydrogens is 386 g/mol. The van der Waals surface area contributed by atoms with Crippen LogP contribution in [0.4, 0.5) is 16.5 Å². The van der Waals surface area contributed by atoms with Crippen LogP contribution in [0, 0.1) is 0 Å². The number of para-hydroxylation sites is 2. The van der Waals surface area contributed by atoms with Gasteiger partial charge in [-0.15, -0.1) is 0 Å². The van der Waals surface area contributed by atoms with E-state index >= 15 is 0 Å². The normalized spacial score (nSPS) is 14.1. The second-order valence-corrected chi connectivity index (χ2v) is 7.07. The number of nitrogens with one attached hydrogen (secondary N) is 1. The molecular formula is C18H12BrN3OS. The van der Waals surface area contributed by atoms with Gasteiger partial charge in [0.05, 0.1) is 16.3 Å². The van der Waals surface area contributed by atoms with Crippen molar-refractivity contribution < 1.29 is 5.11 Å². The molecule has 1 aliphatic heterocycles. The van der Waals surface area contributed by atoms with Crippen LogP contribution in [0.25, 0.3) is 11.6 Å². The predicted octanol–water partition coefficient (Wildman–Crippen LogP) is 5.61. The van der Waals surface area contributed by atoms with Crippen molar-refractivity contribution in [3.05, 3.63) is 63.4 Å². The Kier molecular flexibility index (Phi) is 3.92. The number of aromatic hydroxyl groups is 1. The first kappa shape index (κ1) is 15.1. The van der Waals surface area contributed by atoms with Gasteiger partial charge in [-0.05, 0) is 40.2 Å². The van der Waals surface area contributed by atoms with E-state index in [9.17, 15) is 5.11 Å². The molecule has 0 unspecified atom stereocenters. The first-order valence-electron chi connectivity index (χ1n) is 7.27. The third-order valence-electron chi connectivity index (χ3n) is 3.59. The van der Waals surface area contributed by atoms with Crippen LogP contribution in [0.1, 0.15) is 10.4 Å². The molecule has 0 saturated heterocycles. The van der Waals surface area contributed by atoms with Crippen molar-refractivity contribution in [1.82, 2.24) is 4.98 Å². The number of anilines is 2. The molecule has 1 aromatic heterocycles. The van der Waals surface area contributed by atoms with Gasteiger partial charge in [-0.25, -0.2) is 0 Å². The first-order valence-corrected chi connectivity index (χ1v) is 8.88. The zero-order valence-corrected chi connectivity index (χ0v) is 14.8. The summed E-state index contributed by atoms with van der Waals surface area (Å²) in [6, 6.07) is 15.7. The van der Waals surface area contributed by atoms with E-state index < -0.39 is 0 Å². The van der Waals surface area contributed by atoms with Crippen LogP contribution < -0.4 is 5.32 Å². The highest BCUT2D eigenvalue weighted by atomic mass is 79.9. The second kappa shape index (κ2) is 6.22. The Hall–Kier alpha value is -2.44. The summed E-state index contributed by atoms with van der Waals surface area (Å²) in [4.78, 5) is 9.28. The van der Waals surface area contributed by atoms with Crippen LogP contribution in [0.3, 0.4) is 0 Å². The molecule has 3 aromatic rings. The molecule has 2 aromatic carbocycles. The van der Waals surface area contributed by atoms with Crippen molar-refractivity contribution >= 4 is 61.6 Å². The number of benzene rings is 2. The molecule has 2 heterocycles. The van der Waals surface area contributed by atoms with Crippen LogP contribution in [0.5, 0.6) is 5.88 Å². The fourth-order valence-electron chi connectivity index (χ4n) is 2.44. The number of allylic oxidation sites excluding steroid dienone is 1. The minimum atomic E-state index is 0.0137. The van der Waals surface area contributed by atoms with Crippen molar-refractivity contribution in [2.24, 2.45) is 4.99 Å². The summed E-state index contributed by atoms with van der Waals surface area (Å²) in [6.07, 6.45) is 3.72. The second-order valence-electron chi connectivity index (χ2n) is 5.19. The Balaban J connectivity index is 1.65. The summed E-state index contributed by atoms with van der Waals surface area (Å²) in [5.74, 6) is 0.0137. The molecule has 0 radical (unpaired) electrons. The fourth-order valence-corrected chi connectivity index (χ4v) is 3.65. The highest BCUT2D eigenvalue weighted by Crippen LogP contribution is 2.37. The molecule has 118 valence electrons. The third kappa shape index (κ3) is 2.86. The Morgan fingerprint density at radius 2 is 1.88 bits per heavy atom. The van der Waals surface area contributed by atoms with E-state index in [1.54, 1.807) is 0 Å². The van der Waals surface area contributed by atoms with Gasteiger partial charge in [-0.1, -0.05) is 41.7 Å². The van der Waals surface area contributed by atoms with Gasteiger partial charge in [-0.2, -0.15) is 4.98 Å². The quantitative estimate of drug-likeness (QED) is 0.603. The molecule has 0 spiro atoms. The van der Waals surface area contributed by atoms with Gasteiger partial charge in [0.2, 0.25) is 5.88 Å². The van der Waals surface area contributed by atoms with Crippen molar-refractivity contribution in [2.45, 2.75) is 0 Å². The zero-order chi connectivity index (χ0) is 16.5. The Morgan fingerprint density at radius 1 is 1.08 bits per heavy atom. The van der Waals surface area contributed by atoms with Crippen molar-refractivity contribution in [3.63, 3.8) is 0 Å². The summed E-state index contributed by atoms with van der Waals surface area (Å²) in [5, 5.41) is 14.0.